The number of halogens is 1. The van der Waals surface area contributed by atoms with Crippen LogP contribution in [0.5, 0.6) is 0 Å². The monoisotopic (exact) mass is 345 g/mol. The van der Waals surface area contributed by atoms with Crippen LogP contribution in [0.3, 0.4) is 0 Å². The van der Waals surface area contributed by atoms with Gasteiger partial charge in [0.15, 0.2) is 23.2 Å². The molecule has 0 bridgehead atoms. The van der Waals surface area contributed by atoms with E-state index in [1.165, 1.54) is 19.0 Å². The zero-order chi connectivity index (χ0) is 16.7. The Bertz CT molecular complexity index is 869. The zero-order valence-corrected chi connectivity index (χ0v) is 13.7. The second-order valence-electron chi connectivity index (χ2n) is 5.88. The van der Waals surface area contributed by atoms with Crippen LogP contribution in [0.2, 0.25) is 5.02 Å². The maximum absolute atomic E-state index is 9.55. The highest BCUT2D eigenvalue weighted by Crippen LogP contribution is 2.39. The van der Waals surface area contributed by atoms with Crippen molar-refractivity contribution in [2.75, 3.05) is 5.32 Å². The van der Waals surface area contributed by atoms with Crippen LogP contribution in [0.1, 0.15) is 43.2 Å². The lowest BCUT2D eigenvalue weighted by Gasteiger charge is -2.05. The minimum absolute atomic E-state index is 0.381. The number of aliphatic hydroxyl groups is 1. The Morgan fingerprint density at radius 2 is 2.25 bits per heavy atom. The van der Waals surface area contributed by atoms with E-state index in [0.717, 1.165) is 5.69 Å². The SMILES string of the molecule is CC(O)c1ccc(-c2ncc(Cl)c(Nc3cc(C4CC4)[nH]n3)n2)o1. The van der Waals surface area contributed by atoms with Crippen LogP contribution < -0.4 is 5.32 Å². The fraction of sp³-hybridized carbons (Fsp3) is 0.312. The van der Waals surface area contributed by atoms with Gasteiger partial charge in [0.25, 0.3) is 0 Å². The largest absolute Gasteiger partial charge is 0.455 e. The van der Waals surface area contributed by atoms with E-state index < -0.39 is 6.10 Å². The molecule has 3 aromatic rings. The van der Waals surface area contributed by atoms with Crippen molar-refractivity contribution in [2.24, 2.45) is 0 Å². The normalized spacial score (nSPS) is 15.5. The molecule has 1 unspecified atom stereocenters. The Hall–Kier alpha value is -2.38. The van der Waals surface area contributed by atoms with Gasteiger partial charge in [-0.05, 0) is 31.9 Å². The van der Waals surface area contributed by atoms with Gasteiger partial charge in [0.05, 0.1) is 6.20 Å². The summed E-state index contributed by atoms with van der Waals surface area (Å²) in [5.74, 6) is 3.00. The van der Waals surface area contributed by atoms with Crippen molar-refractivity contribution in [3.63, 3.8) is 0 Å². The second-order valence-corrected chi connectivity index (χ2v) is 6.28. The number of rotatable bonds is 5. The van der Waals surface area contributed by atoms with Crippen LogP contribution in [-0.2, 0) is 0 Å². The Balaban J connectivity index is 1.60. The Kier molecular flexibility index (Phi) is 3.74. The molecule has 124 valence electrons. The van der Waals surface area contributed by atoms with E-state index in [1.807, 2.05) is 6.07 Å². The molecule has 0 amide bonds. The molecule has 1 aliphatic carbocycles. The lowest BCUT2D eigenvalue weighted by atomic mass is 10.3. The van der Waals surface area contributed by atoms with Gasteiger partial charge in [-0.2, -0.15) is 5.10 Å². The Labute approximate surface area is 143 Å². The number of aromatic amines is 1. The first-order chi connectivity index (χ1) is 11.6. The highest BCUT2D eigenvalue weighted by molar-refractivity contribution is 6.32. The van der Waals surface area contributed by atoms with Crippen LogP contribution in [0.25, 0.3) is 11.6 Å². The molecule has 0 aliphatic heterocycles. The third-order valence-electron chi connectivity index (χ3n) is 3.86. The van der Waals surface area contributed by atoms with Gasteiger partial charge in [-0.3, -0.25) is 5.10 Å². The minimum Gasteiger partial charge on any atom is -0.455 e. The van der Waals surface area contributed by atoms with E-state index in [2.05, 4.69) is 25.5 Å². The predicted molar refractivity (Wildman–Crippen MR) is 89.2 cm³/mol. The van der Waals surface area contributed by atoms with Gasteiger partial charge in [0.1, 0.15) is 16.9 Å². The number of anilines is 2. The molecule has 0 spiro atoms. The average molecular weight is 346 g/mol. The summed E-state index contributed by atoms with van der Waals surface area (Å²) in [5, 5.41) is 20.3. The van der Waals surface area contributed by atoms with Crippen molar-refractivity contribution in [3.8, 4) is 11.6 Å². The lowest BCUT2D eigenvalue weighted by Crippen LogP contribution is -1.98. The van der Waals surface area contributed by atoms with Gasteiger partial charge in [0, 0.05) is 17.7 Å². The van der Waals surface area contributed by atoms with Gasteiger partial charge in [0.2, 0.25) is 0 Å². The summed E-state index contributed by atoms with van der Waals surface area (Å²) in [6, 6.07) is 5.38. The van der Waals surface area contributed by atoms with Crippen molar-refractivity contribution in [1.82, 2.24) is 20.2 Å². The van der Waals surface area contributed by atoms with Crippen LogP contribution >= 0.6 is 11.6 Å². The lowest BCUT2D eigenvalue weighted by molar-refractivity contribution is 0.170. The smallest absolute Gasteiger partial charge is 0.197 e. The molecular formula is C16H16ClN5O2. The van der Waals surface area contributed by atoms with Crippen molar-refractivity contribution in [2.45, 2.75) is 31.8 Å². The highest BCUT2D eigenvalue weighted by Gasteiger charge is 2.25. The van der Waals surface area contributed by atoms with Gasteiger partial charge >= 0.3 is 0 Å². The molecule has 1 saturated carbocycles. The van der Waals surface area contributed by atoms with E-state index >= 15 is 0 Å². The molecule has 3 heterocycles. The number of nitrogens with one attached hydrogen (secondary N) is 2. The van der Waals surface area contributed by atoms with Crippen LogP contribution in [0.15, 0.2) is 28.8 Å². The number of furan rings is 1. The summed E-state index contributed by atoms with van der Waals surface area (Å²) in [6.07, 6.45) is 3.22. The Morgan fingerprint density at radius 3 is 2.96 bits per heavy atom. The average Bonchev–Trinajstić information content (AvgIpc) is 3.10. The molecule has 0 saturated heterocycles. The fourth-order valence-corrected chi connectivity index (χ4v) is 2.53. The van der Waals surface area contributed by atoms with E-state index in [9.17, 15) is 5.11 Å². The highest BCUT2D eigenvalue weighted by atomic mass is 35.5. The molecule has 3 N–H and O–H groups in total. The van der Waals surface area contributed by atoms with Gasteiger partial charge in [-0.25, -0.2) is 9.97 Å². The molecule has 7 nitrogen and oxygen atoms in total. The minimum atomic E-state index is -0.687. The maximum Gasteiger partial charge on any atom is 0.197 e. The van der Waals surface area contributed by atoms with E-state index in [4.69, 9.17) is 16.0 Å². The zero-order valence-electron chi connectivity index (χ0n) is 13.0. The van der Waals surface area contributed by atoms with E-state index in [1.54, 1.807) is 19.1 Å². The molecule has 0 aromatic carbocycles. The van der Waals surface area contributed by atoms with Crippen molar-refractivity contribution < 1.29 is 9.52 Å². The fourth-order valence-electron chi connectivity index (χ4n) is 2.40. The van der Waals surface area contributed by atoms with Crippen molar-refractivity contribution in [1.29, 1.82) is 0 Å². The van der Waals surface area contributed by atoms with Gasteiger partial charge in [-0.1, -0.05) is 11.6 Å². The van der Waals surface area contributed by atoms with Gasteiger partial charge in [-0.15, -0.1) is 0 Å². The third kappa shape index (κ3) is 3.00. The number of hydrogen-bond acceptors (Lipinski definition) is 6. The van der Waals surface area contributed by atoms with E-state index in [-0.39, 0.29) is 0 Å². The summed E-state index contributed by atoms with van der Waals surface area (Å²) in [7, 11) is 0. The molecule has 1 aliphatic rings. The number of hydrogen-bond donors (Lipinski definition) is 3. The van der Waals surface area contributed by atoms with Crippen molar-refractivity contribution >= 4 is 23.2 Å². The first-order valence-corrected chi connectivity index (χ1v) is 8.11. The van der Waals surface area contributed by atoms with Crippen LogP contribution in [0.4, 0.5) is 11.6 Å². The number of H-pyrrole nitrogens is 1. The summed E-state index contributed by atoms with van der Waals surface area (Å²) in [5.41, 5.74) is 1.12. The number of aromatic nitrogens is 4. The quantitative estimate of drug-likeness (QED) is 0.650. The summed E-state index contributed by atoms with van der Waals surface area (Å²) >= 11 is 6.17. The second kappa shape index (κ2) is 5.92. The summed E-state index contributed by atoms with van der Waals surface area (Å²) < 4.78 is 5.55. The van der Waals surface area contributed by atoms with E-state index in [0.29, 0.717) is 39.9 Å². The summed E-state index contributed by atoms with van der Waals surface area (Å²) in [6.45, 7) is 1.63. The van der Waals surface area contributed by atoms with Crippen LogP contribution in [0, 0.1) is 0 Å². The molecule has 4 rings (SSSR count). The molecular weight excluding hydrogens is 330 g/mol. The van der Waals surface area contributed by atoms with Crippen LogP contribution in [-0.4, -0.2) is 25.3 Å². The molecule has 24 heavy (non-hydrogen) atoms. The molecule has 3 aromatic heterocycles. The topological polar surface area (TPSA) is 99.9 Å². The number of aliphatic hydroxyl groups excluding tert-OH is 1. The Morgan fingerprint density at radius 1 is 1.42 bits per heavy atom. The van der Waals surface area contributed by atoms with Crippen molar-refractivity contribution in [3.05, 3.63) is 40.9 Å². The third-order valence-corrected chi connectivity index (χ3v) is 4.14. The first kappa shape index (κ1) is 15.2. The standard InChI is InChI=1S/C16H16ClN5O2/c1-8(23)12-4-5-13(24-12)16-18-7-10(17)15(20-16)19-14-6-11(21-22-14)9-2-3-9/h4-9,23H,2-3H2,1H3,(H2,18,19,20,21,22). The predicted octanol–water partition coefficient (Wildman–Crippen LogP) is 3.79. The molecule has 0 radical (unpaired) electrons. The maximum atomic E-state index is 9.55. The summed E-state index contributed by atoms with van der Waals surface area (Å²) in [4.78, 5) is 8.58. The van der Waals surface area contributed by atoms with Gasteiger partial charge < -0.3 is 14.8 Å². The number of nitrogens with zero attached hydrogens (tertiary/aromatic N) is 3. The molecule has 1 atom stereocenters. The first-order valence-electron chi connectivity index (χ1n) is 7.73. The molecule has 8 heteroatoms. The molecule has 1 fully saturated rings.